The number of benzene rings is 1. The van der Waals surface area contributed by atoms with Crippen molar-refractivity contribution < 1.29 is 41.4 Å². The van der Waals surface area contributed by atoms with Crippen LogP contribution in [0.25, 0.3) is 0 Å². The predicted molar refractivity (Wildman–Crippen MR) is 89.9 cm³/mol. The van der Waals surface area contributed by atoms with E-state index in [-0.39, 0.29) is 25.2 Å². The molecule has 2 atom stereocenters. The Morgan fingerprint density at radius 3 is 2.36 bits per heavy atom. The van der Waals surface area contributed by atoms with Crippen molar-refractivity contribution in [3.8, 4) is 5.75 Å². The lowest BCUT2D eigenvalue weighted by Gasteiger charge is -2.29. The number of esters is 1. The lowest BCUT2D eigenvalue weighted by atomic mass is 9.83. The molecule has 28 heavy (non-hydrogen) atoms. The molecule has 2 amide bonds. The molecule has 1 aromatic rings. The highest BCUT2D eigenvalue weighted by atomic mass is 32.2. The summed E-state index contributed by atoms with van der Waals surface area (Å²) in [7, 11) is -3.11. The molecule has 0 spiro atoms. The van der Waals surface area contributed by atoms with Gasteiger partial charge in [0.2, 0.25) is 0 Å². The predicted octanol–water partition coefficient (Wildman–Crippen LogP) is -0.0993. The summed E-state index contributed by atoms with van der Waals surface area (Å²) in [5.41, 5.74) is 6.90. The molecule has 2 aliphatic heterocycles. The van der Waals surface area contributed by atoms with E-state index in [1.54, 1.807) is 25.1 Å². The zero-order chi connectivity index (χ0) is 21.0. The lowest BCUT2D eigenvalue weighted by Crippen LogP contribution is -2.36. The van der Waals surface area contributed by atoms with Gasteiger partial charge in [0.1, 0.15) is 5.75 Å². The van der Waals surface area contributed by atoms with Gasteiger partial charge in [-0.05, 0) is 17.5 Å². The molecule has 2 aliphatic rings. The molecular weight excluding hydrogens is 396 g/mol. The first-order valence-electron chi connectivity index (χ1n) is 8.04. The maximum absolute atomic E-state index is 12.2. The molecule has 0 bridgehead atoms. The molecule has 0 radical (unpaired) electrons. The molecule has 2 unspecified atom stereocenters. The van der Waals surface area contributed by atoms with Crippen LogP contribution in [0.1, 0.15) is 37.7 Å². The van der Waals surface area contributed by atoms with E-state index in [1.807, 2.05) is 0 Å². The van der Waals surface area contributed by atoms with E-state index in [1.165, 1.54) is 0 Å². The van der Waals surface area contributed by atoms with Crippen molar-refractivity contribution in [2.24, 2.45) is 5.92 Å². The Hall–Kier alpha value is -3.28. The molecule has 0 aliphatic carbocycles. The number of rotatable bonds is 3. The molecule has 0 saturated carbocycles. The van der Waals surface area contributed by atoms with Crippen LogP contribution in [0.15, 0.2) is 18.2 Å². The molecule has 3 rings (SSSR count). The smallest absolute Gasteiger partial charge is 0.425 e. The van der Waals surface area contributed by atoms with E-state index in [0.717, 1.165) is 5.56 Å². The summed E-state index contributed by atoms with van der Waals surface area (Å²) in [5, 5.41) is 0.468. The van der Waals surface area contributed by atoms with Crippen LogP contribution in [0.5, 0.6) is 5.75 Å². The van der Waals surface area contributed by atoms with Gasteiger partial charge in [-0.1, -0.05) is 13.0 Å². The summed E-state index contributed by atoms with van der Waals surface area (Å²) < 4.78 is 30.6. The average molecular weight is 412 g/mol. The monoisotopic (exact) mass is 412 g/mol. The van der Waals surface area contributed by atoms with Gasteiger partial charge in [-0.2, -0.15) is 0 Å². The number of carbonyl (C=O) groups excluding carboxylic acids is 4. The van der Waals surface area contributed by atoms with Gasteiger partial charge in [0.15, 0.2) is 0 Å². The molecule has 2 N–H and O–H groups in total. The molecular formula is C16H16N2O9S. The second kappa shape index (κ2) is 8.61. The summed E-state index contributed by atoms with van der Waals surface area (Å²) in [4.78, 5) is 51.9. The topological polar surface area (TPSA) is 167 Å². The summed E-state index contributed by atoms with van der Waals surface area (Å²) in [6, 6.07) is 4.99. The second-order valence-corrected chi connectivity index (χ2v) is 6.48. The minimum absolute atomic E-state index is 0.0167. The third-order valence-electron chi connectivity index (χ3n) is 4.23. The Bertz CT molecular complexity index is 919. The van der Waals surface area contributed by atoms with Gasteiger partial charge in [0.05, 0.1) is 12.3 Å². The van der Waals surface area contributed by atoms with Crippen molar-refractivity contribution in [1.82, 2.24) is 5.06 Å². The first-order chi connectivity index (χ1) is 13.1. The fraction of sp³-hybridized carbons (Fsp3) is 0.375. The van der Waals surface area contributed by atoms with E-state index in [2.05, 4.69) is 0 Å². The van der Waals surface area contributed by atoms with Crippen LogP contribution >= 0.6 is 0 Å². The van der Waals surface area contributed by atoms with Crippen molar-refractivity contribution in [3.63, 3.8) is 0 Å². The summed E-state index contributed by atoms with van der Waals surface area (Å²) in [6.07, 6.45) is -0.257. The van der Waals surface area contributed by atoms with Gasteiger partial charge >= 0.3 is 22.5 Å². The van der Waals surface area contributed by atoms with Crippen molar-refractivity contribution in [2.45, 2.75) is 32.1 Å². The van der Waals surface area contributed by atoms with Gasteiger partial charge in [-0.15, -0.1) is 17.7 Å². The minimum Gasteiger partial charge on any atom is -0.426 e. The van der Waals surface area contributed by atoms with Crippen LogP contribution in [0, 0.1) is 5.92 Å². The SMILES string of the molecule is CC1c2ccc(N)cc2OC(=O)C1CC(=O)ON1C(=O)CCC1=O.O=S(=O)=O. The molecule has 150 valence electrons. The van der Waals surface area contributed by atoms with Crippen LogP contribution < -0.4 is 10.5 Å². The number of anilines is 1. The number of nitrogen functional groups attached to an aromatic ring is 1. The second-order valence-electron chi connectivity index (χ2n) is 6.07. The zero-order valence-corrected chi connectivity index (χ0v) is 15.4. The molecule has 1 fully saturated rings. The number of carbonyl (C=O) groups is 4. The van der Waals surface area contributed by atoms with E-state index in [9.17, 15) is 19.2 Å². The van der Waals surface area contributed by atoms with E-state index >= 15 is 0 Å². The molecule has 12 heteroatoms. The average Bonchev–Trinajstić information content (AvgIpc) is 2.90. The van der Waals surface area contributed by atoms with Crippen molar-refractivity contribution in [3.05, 3.63) is 23.8 Å². The maximum atomic E-state index is 12.2. The fourth-order valence-corrected chi connectivity index (χ4v) is 2.86. The van der Waals surface area contributed by atoms with Gasteiger partial charge < -0.3 is 15.3 Å². The quantitative estimate of drug-likeness (QED) is 0.306. The van der Waals surface area contributed by atoms with Gasteiger partial charge in [-0.3, -0.25) is 14.4 Å². The van der Waals surface area contributed by atoms with Crippen LogP contribution in [0.4, 0.5) is 5.69 Å². The Morgan fingerprint density at radius 2 is 1.79 bits per heavy atom. The summed E-state index contributed by atoms with van der Waals surface area (Å²) in [6.45, 7) is 1.79. The van der Waals surface area contributed by atoms with E-state index < -0.39 is 40.3 Å². The molecule has 1 aromatic carbocycles. The molecule has 11 nitrogen and oxygen atoms in total. The summed E-state index contributed by atoms with van der Waals surface area (Å²) in [5.74, 6) is -3.20. The highest BCUT2D eigenvalue weighted by Crippen LogP contribution is 2.40. The number of amides is 2. The Balaban J connectivity index is 0.000000640. The molecule has 0 aromatic heterocycles. The van der Waals surface area contributed by atoms with Crippen LogP contribution in [-0.2, 0) is 34.6 Å². The van der Waals surface area contributed by atoms with Gasteiger partial charge in [0, 0.05) is 24.6 Å². The fourth-order valence-electron chi connectivity index (χ4n) is 2.86. The van der Waals surface area contributed by atoms with Crippen LogP contribution in [-0.4, -0.2) is 41.4 Å². The van der Waals surface area contributed by atoms with Gasteiger partial charge in [0.25, 0.3) is 11.8 Å². The number of nitrogens with zero attached hydrogens (tertiary/aromatic N) is 1. The van der Waals surface area contributed by atoms with Crippen LogP contribution in [0.3, 0.4) is 0 Å². The first-order valence-corrected chi connectivity index (χ1v) is 9.04. The van der Waals surface area contributed by atoms with E-state index in [4.69, 9.17) is 27.9 Å². The van der Waals surface area contributed by atoms with Crippen molar-refractivity contribution in [1.29, 1.82) is 0 Å². The standard InChI is InChI=1S/C16H16N2O6.O3S/c1-8-10-3-2-9(17)6-12(10)23-16(22)11(8)7-15(21)24-18-13(19)4-5-14(18)20;1-4(2)3/h2-3,6,8,11H,4-5,7,17H2,1H3;. The number of ether oxygens (including phenoxy) is 1. The van der Waals surface area contributed by atoms with Crippen molar-refractivity contribution >= 4 is 40.0 Å². The molecule has 1 saturated heterocycles. The highest BCUT2D eigenvalue weighted by molar-refractivity contribution is 7.59. The number of hydrogen-bond donors (Lipinski definition) is 1. The Labute approximate surface area is 160 Å². The number of nitrogens with two attached hydrogens (primary N) is 1. The number of hydrogen-bond acceptors (Lipinski definition) is 10. The molecule has 2 heterocycles. The van der Waals surface area contributed by atoms with E-state index in [0.29, 0.717) is 16.5 Å². The Kier molecular flexibility index (Phi) is 6.46. The largest absolute Gasteiger partial charge is 0.426 e. The highest BCUT2D eigenvalue weighted by Gasteiger charge is 2.39. The zero-order valence-electron chi connectivity index (χ0n) is 14.6. The summed E-state index contributed by atoms with van der Waals surface area (Å²) >= 11 is 0. The Morgan fingerprint density at radius 1 is 1.21 bits per heavy atom. The third kappa shape index (κ3) is 4.91. The normalized spacial score (nSPS) is 20.6. The van der Waals surface area contributed by atoms with Crippen LogP contribution in [0.2, 0.25) is 0 Å². The number of fused-ring (bicyclic) bond motifs is 1. The lowest BCUT2D eigenvalue weighted by molar-refractivity contribution is -0.198. The van der Waals surface area contributed by atoms with Gasteiger partial charge in [-0.25, -0.2) is 4.79 Å². The third-order valence-corrected chi connectivity index (χ3v) is 4.23. The minimum atomic E-state index is -3.11. The number of hydroxylamine groups is 2. The first kappa shape index (κ1) is 21.0. The maximum Gasteiger partial charge on any atom is 0.425 e. The number of imide groups is 1. The van der Waals surface area contributed by atoms with Crippen molar-refractivity contribution in [2.75, 3.05) is 5.73 Å².